The van der Waals surface area contributed by atoms with E-state index >= 15 is 0 Å². The molecule has 0 spiro atoms. The quantitative estimate of drug-likeness (QED) is 0.826. The summed E-state index contributed by atoms with van der Waals surface area (Å²) in [6, 6.07) is 7.29. The molecular formula is C17H19N3O2S. The second-order valence-corrected chi connectivity index (χ2v) is 6.98. The van der Waals surface area contributed by atoms with Crippen molar-refractivity contribution in [3.8, 4) is 10.4 Å². The van der Waals surface area contributed by atoms with E-state index in [-0.39, 0.29) is 11.8 Å². The van der Waals surface area contributed by atoms with Crippen LogP contribution in [0.3, 0.4) is 0 Å². The lowest BCUT2D eigenvalue weighted by molar-refractivity contribution is 0.0966. The summed E-state index contributed by atoms with van der Waals surface area (Å²) in [7, 11) is 0. The lowest BCUT2D eigenvalue weighted by Gasteiger charge is -2.09. The number of amides is 1. The van der Waals surface area contributed by atoms with Gasteiger partial charge in [0.1, 0.15) is 5.69 Å². The normalized spacial score (nSPS) is 17.3. The van der Waals surface area contributed by atoms with Crippen LogP contribution < -0.4 is 11.1 Å². The van der Waals surface area contributed by atoms with Gasteiger partial charge >= 0.3 is 0 Å². The van der Waals surface area contributed by atoms with Crippen molar-refractivity contribution in [3.05, 3.63) is 40.5 Å². The number of ketones is 1. The first-order valence-corrected chi connectivity index (χ1v) is 8.50. The SMILES string of the molecule is Cc1nc(C(=O)CC2CCCN2)c(-c2cccc(C(N)=O)c2)s1. The first-order valence-electron chi connectivity index (χ1n) is 7.69. The average Bonchev–Trinajstić information content (AvgIpc) is 3.16. The molecule has 120 valence electrons. The summed E-state index contributed by atoms with van der Waals surface area (Å²) in [4.78, 5) is 29.3. The lowest BCUT2D eigenvalue weighted by Crippen LogP contribution is -2.24. The van der Waals surface area contributed by atoms with Crippen LogP contribution in [0.5, 0.6) is 0 Å². The molecule has 1 aromatic heterocycles. The summed E-state index contributed by atoms with van der Waals surface area (Å²) in [5.41, 5.74) is 7.10. The van der Waals surface area contributed by atoms with Gasteiger partial charge in [0.25, 0.3) is 0 Å². The second kappa shape index (κ2) is 6.60. The highest BCUT2D eigenvalue weighted by atomic mass is 32.1. The fourth-order valence-corrected chi connectivity index (χ4v) is 3.81. The maximum absolute atomic E-state index is 12.6. The Hall–Kier alpha value is -2.05. The van der Waals surface area contributed by atoms with E-state index in [1.165, 1.54) is 11.3 Å². The number of carbonyl (C=O) groups is 2. The number of nitrogens with one attached hydrogen (secondary N) is 1. The highest BCUT2D eigenvalue weighted by molar-refractivity contribution is 7.15. The topological polar surface area (TPSA) is 85.1 Å². The van der Waals surface area contributed by atoms with Gasteiger partial charge in [-0.25, -0.2) is 4.98 Å². The van der Waals surface area contributed by atoms with Crippen LogP contribution in [0.4, 0.5) is 0 Å². The highest BCUT2D eigenvalue weighted by Crippen LogP contribution is 2.32. The standard InChI is InChI=1S/C17H19N3O2S/c1-10-20-15(14(21)9-13-6-3-7-19-13)16(23-10)11-4-2-5-12(8-11)17(18)22/h2,4-5,8,13,19H,3,6-7,9H2,1H3,(H2,18,22). The van der Waals surface area contributed by atoms with E-state index < -0.39 is 5.91 Å². The van der Waals surface area contributed by atoms with Crippen molar-refractivity contribution < 1.29 is 9.59 Å². The monoisotopic (exact) mass is 329 g/mol. The molecule has 1 amide bonds. The molecule has 1 fully saturated rings. The predicted octanol–water partition coefficient (Wildman–Crippen LogP) is 2.54. The number of aryl methyl sites for hydroxylation is 1. The number of benzene rings is 1. The number of hydrogen-bond acceptors (Lipinski definition) is 5. The minimum atomic E-state index is -0.476. The molecule has 23 heavy (non-hydrogen) atoms. The van der Waals surface area contributed by atoms with Crippen LogP contribution in [0.25, 0.3) is 10.4 Å². The highest BCUT2D eigenvalue weighted by Gasteiger charge is 2.23. The number of thiazole rings is 1. The van der Waals surface area contributed by atoms with Gasteiger partial charge < -0.3 is 11.1 Å². The number of rotatable bonds is 5. The van der Waals surface area contributed by atoms with Gasteiger partial charge in [-0.15, -0.1) is 11.3 Å². The van der Waals surface area contributed by atoms with Crippen LogP contribution >= 0.6 is 11.3 Å². The van der Waals surface area contributed by atoms with Gasteiger partial charge in [-0.3, -0.25) is 9.59 Å². The molecule has 1 saturated heterocycles. The Morgan fingerprint density at radius 1 is 1.43 bits per heavy atom. The van der Waals surface area contributed by atoms with E-state index in [1.807, 2.05) is 13.0 Å². The molecule has 1 atom stereocenters. The molecule has 1 aliphatic heterocycles. The first kappa shape index (κ1) is 15.8. The summed E-state index contributed by atoms with van der Waals surface area (Å²) in [6.45, 7) is 2.86. The van der Waals surface area contributed by atoms with Crippen molar-refractivity contribution >= 4 is 23.0 Å². The number of primary amides is 1. The summed E-state index contributed by atoms with van der Waals surface area (Å²) >= 11 is 1.47. The van der Waals surface area contributed by atoms with Crippen molar-refractivity contribution in [3.63, 3.8) is 0 Å². The van der Waals surface area contributed by atoms with Gasteiger partial charge in [0.2, 0.25) is 5.91 Å². The Balaban J connectivity index is 1.92. The van der Waals surface area contributed by atoms with Gasteiger partial charge in [-0.1, -0.05) is 12.1 Å². The third-order valence-corrected chi connectivity index (χ3v) is 5.02. The molecule has 0 radical (unpaired) electrons. The van der Waals surface area contributed by atoms with Crippen LogP contribution in [-0.2, 0) is 0 Å². The Morgan fingerprint density at radius 3 is 2.96 bits per heavy atom. The largest absolute Gasteiger partial charge is 0.366 e. The number of carbonyl (C=O) groups excluding carboxylic acids is 2. The molecule has 2 heterocycles. The minimum absolute atomic E-state index is 0.0493. The zero-order valence-electron chi connectivity index (χ0n) is 13.0. The minimum Gasteiger partial charge on any atom is -0.366 e. The Labute approximate surface area is 138 Å². The van der Waals surface area contributed by atoms with Crippen molar-refractivity contribution in [1.29, 1.82) is 0 Å². The lowest BCUT2D eigenvalue weighted by atomic mass is 10.0. The molecule has 3 rings (SSSR count). The van der Waals surface area contributed by atoms with E-state index in [1.54, 1.807) is 18.2 Å². The molecule has 1 unspecified atom stereocenters. The zero-order chi connectivity index (χ0) is 16.4. The Morgan fingerprint density at radius 2 is 2.26 bits per heavy atom. The summed E-state index contributed by atoms with van der Waals surface area (Å²) in [5.74, 6) is -0.427. The molecular weight excluding hydrogens is 310 g/mol. The molecule has 5 nitrogen and oxygen atoms in total. The third kappa shape index (κ3) is 3.48. The first-order chi connectivity index (χ1) is 11.0. The number of aromatic nitrogens is 1. The van der Waals surface area contributed by atoms with Crippen molar-refractivity contribution in [2.75, 3.05) is 6.54 Å². The molecule has 1 aromatic carbocycles. The zero-order valence-corrected chi connectivity index (χ0v) is 13.8. The molecule has 0 saturated carbocycles. The molecule has 0 aliphatic carbocycles. The molecule has 1 aliphatic rings. The van der Waals surface area contributed by atoms with Gasteiger partial charge in [0.15, 0.2) is 5.78 Å². The predicted molar refractivity (Wildman–Crippen MR) is 90.8 cm³/mol. The Kier molecular flexibility index (Phi) is 4.54. The van der Waals surface area contributed by atoms with E-state index in [4.69, 9.17) is 5.73 Å². The summed E-state index contributed by atoms with van der Waals surface area (Å²) < 4.78 is 0. The van der Waals surface area contributed by atoms with E-state index in [0.29, 0.717) is 17.7 Å². The molecule has 3 N–H and O–H groups in total. The fourth-order valence-electron chi connectivity index (χ4n) is 2.88. The average molecular weight is 329 g/mol. The van der Waals surface area contributed by atoms with Crippen molar-refractivity contribution in [2.24, 2.45) is 5.73 Å². The van der Waals surface area contributed by atoms with Gasteiger partial charge in [-0.05, 0) is 44.0 Å². The number of nitrogens with zero attached hydrogens (tertiary/aromatic N) is 1. The van der Waals surface area contributed by atoms with Gasteiger partial charge in [0, 0.05) is 18.0 Å². The van der Waals surface area contributed by atoms with E-state index in [9.17, 15) is 9.59 Å². The van der Waals surface area contributed by atoms with Crippen LogP contribution in [0.15, 0.2) is 24.3 Å². The Bertz CT molecular complexity index is 748. The third-order valence-electron chi connectivity index (χ3n) is 4.00. The molecule has 6 heteroatoms. The fraction of sp³-hybridized carbons (Fsp3) is 0.353. The maximum Gasteiger partial charge on any atom is 0.248 e. The smallest absolute Gasteiger partial charge is 0.248 e. The van der Waals surface area contributed by atoms with E-state index in [0.717, 1.165) is 34.8 Å². The van der Waals surface area contributed by atoms with Gasteiger partial charge in [0.05, 0.1) is 9.88 Å². The number of hydrogen-bond donors (Lipinski definition) is 2. The van der Waals surface area contributed by atoms with Crippen molar-refractivity contribution in [2.45, 2.75) is 32.2 Å². The van der Waals surface area contributed by atoms with Crippen molar-refractivity contribution in [1.82, 2.24) is 10.3 Å². The molecule has 2 aromatic rings. The molecule has 0 bridgehead atoms. The van der Waals surface area contributed by atoms with Gasteiger partial charge in [-0.2, -0.15) is 0 Å². The summed E-state index contributed by atoms with van der Waals surface area (Å²) in [5, 5.41) is 4.18. The van der Waals surface area contributed by atoms with Crippen LogP contribution in [0.2, 0.25) is 0 Å². The second-order valence-electron chi connectivity index (χ2n) is 5.78. The van der Waals surface area contributed by atoms with Crippen LogP contribution in [0, 0.1) is 6.92 Å². The number of Topliss-reactive ketones (excluding diaryl/α,β-unsaturated/α-hetero) is 1. The van der Waals surface area contributed by atoms with E-state index in [2.05, 4.69) is 10.3 Å². The number of nitrogens with two attached hydrogens (primary N) is 1. The maximum atomic E-state index is 12.6. The summed E-state index contributed by atoms with van der Waals surface area (Å²) in [6.07, 6.45) is 2.61. The van der Waals surface area contributed by atoms with Crippen LogP contribution in [-0.4, -0.2) is 29.3 Å². The van der Waals surface area contributed by atoms with Crippen LogP contribution in [0.1, 0.15) is 45.1 Å².